The van der Waals surface area contributed by atoms with Crippen molar-refractivity contribution in [1.29, 1.82) is 0 Å². The van der Waals surface area contributed by atoms with E-state index in [1.807, 2.05) is 6.92 Å². The van der Waals surface area contributed by atoms with Crippen molar-refractivity contribution in [1.82, 2.24) is 4.90 Å². The van der Waals surface area contributed by atoms with E-state index in [4.69, 9.17) is 17.2 Å². The van der Waals surface area contributed by atoms with Crippen molar-refractivity contribution in [2.45, 2.75) is 6.92 Å². The van der Waals surface area contributed by atoms with Crippen LogP contribution in [0.2, 0.25) is 0 Å². The minimum Gasteiger partial charge on any atom is -0.399 e. The van der Waals surface area contributed by atoms with E-state index in [0.717, 1.165) is 5.56 Å². The maximum atomic E-state index is 12.0. The summed E-state index contributed by atoms with van der Waals surface area (Å²) in [6, 6.07) is 5.12. The molecule has 0 radical (unpaired) electrons. The lowest BCUT2D eigenvalue weighted by molar-refractivity contribution is -0.123. The molecule has 0 atom stereocenters. The van der Waals surface area contributed by atoms with Crippen LogP contribution in [0.25, 0.3) is 0 Å². The maximum absolute atomic E-state index is 12.0. The van der Waals surface area contributed by atoms with Gasteiger partial charge in [0.15, 0.2) is 0 Å². The predicted molar refractivity (Wildman–Crippen MR) is 79.0 cm³/mol. The Hall–Kier alpha value is -2.61. The lowest BCUT2D eigenvalue weighted by Gasteiger charge is -2.18. The van der Waals surface area contributed by atoms with Crippen LogP contribution in [0.4, 0.5) is 11.4 Å². The minimum atomic E-state index is -0.649. The summed E-state index contributed by atoms with van der Waals surface area (Å²) in [4.78, 5) is 35.0. The average molecular weight is 293 g/mol. The number of nitrogen functional groups attached to an aromatic ring is 1. The number of amides is 3. The Balaban J connectivity index is 2.70. The lowest BCUT2D eigenvalue weighted by atomic mass is 10.2. The van der Waals surface area contributed by atoms with Gasteiger partial charge in [0.25, 0.3) is 0 Å². The molecule has 0 aliphatic rings. The molecule has 8 nitrogen and oxygen atoms in total. The van der Waals surface area contributed by atoms with Gasteiger partial charge in [0.05, 0.1) is 19.6 Å². The lowest BCUT2D eigenvalue weighted by Crippen LogP contribution is -2.43. The number of hydrogen-bond donors (Lipinski definition) is 4. The predicted octanol–water partition coefficient (Wildman–Crippen LogP) is -1.21. The summed E-state index contributed by atoms with van der Waals surface area (Å²) in [5.74, 6) is -1.69. The third-order valence-corrected chi connectivity index (χ3v) is 2.66. The van der Waals surface area contributed by atoms with Gasteiger partial charge in [-0.25, -0.2) is 0 Å². The molecule has 0 bridgehead atoms. The molecule has 1 aromatic rings. The molecule has 0 saturated heterocycles. The largest absolute Gasteiger partial charge is 0.399 e. The van der Waals surface area contributed by atoms with Crippen molar-refractivity contribution in [3.63, 3.8) is 0 Å². The molecular weight excluding hydrogens is 274 g/mol. The van der Waals surface area contributed by atoms with Gasteiger partial charge in [-0.15, -0.1) is 0 Å². The summed E-state index contributed by atoms with van der Waals surface area (Å²) >= 11 is 0. The zero-order valence-electron chi connectivity index (χ0n) is 11.8. The number of carbonyl (C=O) groups excluding carboxylic acids is 3. The zero-order valence-corrected chi connectivity index (χ0v) is 11.8. The van der Waals surface area contributed by atoms with Gasteiger partial charge in [-0.2, -0.15) is 0 Å². The van der Waals surface area contributed by atoms with Crippen molar-refractivity contribution in [3.8, 4) is 0 Å². The zero-order chi connectivity index (χ0) is 16.0. The van der Waals surface area contributed by atoms with E-state index in [0.29, 0.717) is 11.4 Å². The normalized spacial score (nSPS) is 10.4. The number of anilines is 2. The first-order valence-corrected chi connectivity index (χ1v) is 6.23. The van der Waals surface area contributed by atoms with Gasteiger partial charge < -0.3 is 22.5 Å². The van der Waals surface area contributed by atoms with Gasteiger partial charge in [-0.3, -0.25) is 19.3 Å². The smallest absolute Gasteiger partial charge is 0.238 e. The highest BCUT2D eigenvalue weighted by Gasteiger charge is 2.15. The summed E-state index contributed by atoms with van der Waals surface area (Å²) < 4.78 is 0. The van der Waals surface area contributed by atoms with Crippen LogP contribution in [-0.4, -0.2) is 42.3 Å². The molecule has 0 unspecified atom stereocenters. The molecule has 0 aliphatic carbocycles. The average Bonchev–Trinajstić information content (AvgIpc) is 2.31. The Morgan fingerprint density at radius 3 is 2.19 bits per heavy atom. The molecule has 8 heteroatoms. The molecule has 0 aromatic heterocycles. The van der Waals surface area contributed by atoms with E-state index in [1.165, 1.54) is 4.90 Å². The van der Waals surface area contributed by atoms with Gasteiger partial charge in [0.2, 0.25) is 17.7 Å². The molecule has 0 saturated carbocycles. The molecule has 1 rings (SSSR count). The van der Waals surface area contributed by atoms with Crippen molar-refractivity contribution >= 4 is 29.1 Å². The molecular formula is C13H19N5O3. The van der Waals surface area contributed by atoms with Crippen molar-refractivity contribution < 1.29 is 14.4 Å². The van der Waals surface area contributed by atoms with Gasteiger partial charge in [-0.05, 0) is 24.6 Å². The van der Waals surface area contributed by atoms with Crippen molar-refractivity contribution in [2.75, 3.05) is 30.7 Å². The highest BCUT2D eigenvalue weighted by Crippen LogP contribution is 2.17. The first kappa shape index (κ1) is 16.4. The molecule has 21 heavy (non-hydrogen) atoms. The Labute approximate surface area is 122 Å². The summed E-state index contributed by atoms with van der Waals surface area (Å²) in [6.45, 7) is 1.18. The van der Waals surface area contributed by atoms with Gasteiger partial charge in [-0.1, -0.05) is 6.07 Å². The topological polar surface area (TPSA) is 145 Å². The molecule has 114 valence electrons. The van der Waals surface area contributed by atoms with Crippen molar-refractivity contribution in [2.24, 2.45) is 11.5 Å². The number of benzene rings is 1. The van der Waals surface area contributed by atoms with Crippen molar-refractivity contribution in [3.05, 3.63) is 23.8 Å². The Morgan fingerprint density at radius 1 is 1.10 bits per heavy atom. The number of aryl methyl sites for hydroxylation is 1. The highest BCUT2D eigenvalue weighted by molar-refractivity contribution is 5.94. The summed E-state index contributed by atoms with van der Waals surface area (Å²) in [5, 5.41) is 2.66. The van der Waals surface area contributed by atoms with E-state index in [2.05, 4.69) is 5.32 Å². The van der Waals surface area contributed by atoms with E-state index >= 15 is 0 Å². The first-order valence-electron chi connectivity index (χ1n) is 6.23. The van der Waals surface area contributed by atoms with Gasteiger partial charge in [0.1, 0.15) is 0 Å². The third-order valence-electron chi connectivity index (χ3n) is 2.66. The van der Waals surface area contributed by atoms with Crippen LogP contribution in [0, 0.1) is 6.92 Å². The van der Waals surface area contributed by atoms with Gasteiger partial charge in [0, 0.05) is 11.4 Å². The van der Waals surface area contributed by atoms with E-state index in [-0.39, 0.29) is 19.6 Å². The third kappa shape index (κ3) is 5.91. The Kier molecular flexibility index (Phi) is 5.67. The van der Waals surface area contributed by atoms with E-state index in [9.17, 15) is 14.4 Å². The van der Waals surface area contributed by atoms with Crippen LogP contribution in [0.3, 0.4) is 0 Å². The maximum Gasteiger partial charge on any atom is 0.238 e. The molecule has 0 aliphatic heterocycles. The number of nitrogens with zero attached hydrogens (tertiary/aromatic N) is 1. The number of rotatable bonds is 7. The van der Waals surface area contributed by atoms with E-state index < -0.39 is 17.7 Å². The SMILES string of the molecule is Cc1ccc(N)cc1NC(=O)CN(CC(N)=O)CC(N)=O. The van der Waals surface area contributed by atoms with Gasteiger partial charge >= 0.3 is 0 Å². The fraction of sp³-hybridized carbons (Fsp3) is 0.308. The second kappa shape index (κ2) is 7.25. The number of nitrogens with two attached hydrogens (primary N) is 3. The Bertz CT molecular complexity index is 543. The highest BCUT2D eigenvalue weighted by atomic mass is 16.2. The molecule has 0 fully saturated rings. The minimum absolute atomic E-state index is 0.180. The number of carbonyl (C=O) groups is 3. The Morgan fingerprint density at radius 2 is 1.67 bits per heavy atom. The van der Waals surface area contributed by atoms with Crippen LogP contribution < -0.4 is 22.5 Å². The monoisotopic (exact) mass is 293 g/mol. The fourth-order valence-electron chi connectivity index (χ4n) is 1.78. The molecule has 7 N–H and O–H groups in total. The van der Waals surface area contributed by atoms with Crippen LogP contribution in [0.5, 0.6) is 0 Å². The molecule has 1 aromatic carbocycles. The quantitative estimate of drug-likeness (QED) is 0.466. The standard InChI is InChI=1S/C13H19N5O3/c1-8-2-3-9(14)4-10(8)17-13(21)7-18(5-11(15)19)6-12(16)20/h2-4H,5-7,14H2,1H3,(H2,15,19)(H2,16,20)(H,17,21). The summed E-state index contributed by atoms with van der Waals surface area (Å²) in [6.07, 6.45) is 0. The molecule has 0 heterocycles. The second-order valence-corrected chi connectivity index (χ2v) is 4.70. The number of hydrogen-bond acceptors (Lipinski definition) is 5. The summed E-state index contributed by atoms with van der Waals surface area (Å²) in [7, 11) is 0. The van der Waals surface area contributed by atoms with Crippen LogP contribution >= 0.6 is 0 Å². The van der Waals surface area contributed by atoms with E-state index in [1.54, 1.807) is 18.2 Å². The second-order valence-electron chi connectivity index (χ2n) is 4.70. The molecule has 0 spiro atoms. The fourth-order valence-corrected chi connectivity index (χ4v) is 1.78. The van der Waals surface area contributed by atoms with Crippen LogP contribution in [0.1, 0.15) is 5.56 Å². The summed E-state index contributed by atoms with van der Waals surface area (Å²) in [5.41, 5.74) is 17.7. The van der Waals surface area contributed by atoms with Crippen LogP contribution in [-0.2, 0) is 14.4 Å². The van der Waals surface area contributed by atoms with Crippen LogP contribution in [0.15, 0.2) is 18.2 Å². The first-order chi connectivity index (χ1) is 9.77. The number of nitrogens with one attached hydrogen (secondary N) is 1. The molecule has 3 amide bonds. The number of primary amides is 2.